The van der Waals surface area contributed by atoms with Crippen LogP contribution in [0.15, 0.2) is 36.4 Å². The second-order valence-corrected chi connectivity index (χ2v) is 9.84. The van der Waals surface area contributed by atoms with Crippen molar-refractivity contribution >= 4 is 56.0 Å². The number of nitrogens with one attached hydrogen (secondary N) is 1. The molecule has 8 nitrogen and oxygen atoms in total. The van der Waals surface area contributed by atoms with Gasteiger partial charge in [-0.05, 0) is 30.7 Å². The molecule has 10 heteroatoms. The molecule has 1 N–H and O–H groups in total. The summed E-state index contributed by atoms with van der Waals surface area (Å²) in [7, 11) is 0. The van der Waals surface area contributed by atoms with E-state index in [4.69, 9.17) is 16.6 Å². The maximum Gasteiger partial charge on any atom is 0.262 e. The van der Waals surface area contributed by atoms with E-state index < -0.39 is 11.8 Å². The molecule has 1 aromatic heterocycles. The standard InChI is InChI=1S/C24H24ClN5O3S/c1-15-6-7-18(25)21-20(15)27-24(34-21)29-12-10-28(11-13-29)9-8-26-19(31)14-30-22(32)16-4-2-3-5-17(16)23(30)33/h2-7H,8-14H2,1H3,(H,26,31). The molecule has 1 fully saturated rings. The number of hydrogen-bond donors (Lipinski definition) is 1. The Labute approximate surface area is 206 Å². The number of thiazole rings is 1. The molecule has 0 aliphatic carbocycles. The van der Waals surface area contributed by atoms with E-state index in [0.717, 1.165) is 57.0 Å². The molecule has 3 heterocycles. The number of halogens is 1. The Kier molecular flexibility index (Phi) is 6.24. The number of nitrogens with zero attached hydrogens (tertiary/aromatic N) is 4. The summed E-state index contributed by atoms with van der Waals surface area (Å²) in [5.74, 6) is -1.17. The minimum Gasteiger partial charge on any atom is -0.353 e. The molecule has 0 bridgehead atoms. The predicted molar refractivity (Wildman–Crippen MR) is 133 cm³/mol. The van der Waals surface area contributed by atoms with Gasteiger partial charge in [0, 0.05) is 39.3 Å². The number of amides is 3. The van der Waals surface area contributed by atoms with Gasteiger partial charge in [0.2, 0.25) is 5.91 Å². The quantitative estimate of drug-likeness (QED) is 0.527. The Morgan fingerprint density at radius 3 is 2.38 bits per heavy atom. The van der Waals surface area contributed by atoms with Crippen LogP contribution in [-0.2, 0) is 4.79 Å². The highest BCUT2D eigenvalue weighted by Crippen LogP contribution is 2.35. The van der Waals surface area contributed by atoms with Gasteiger partial charge >= 0.3 is 0 Å². The van der Waals surface area contributed by atoms with Crippen molar-refractivity contribution in [2.45, 2.75) is 6.92 Å². The summed E-state index contributed by atoms with van der Waals surface area (Å²) in [6.45, 7) is 6.35. The topological polar surface area (TPSA) is 85.9 Å². The number of benzene rings is 2. The van der Waals surface area contributed by atoms with Crippen LogP contribution in [0.1, 0.15) is 26.3 Å². The average Bonchev–Trinajstić information content (AvgIpc) is 3.40. The third-order valence-electron chi connectivity index (χ3n) is 6.26. The number of piperazine rings is 1. The second-order valence-electron chi connectivity index (χ2n) is 8.46. The van der Waals surface area contributed by atoms with Gasteiger partial charge in [0.05, 0.1) is 26.4 Å². The normalized spacial score (nSPS) is 16.4. The van der Waals surface area contributed by atoms with Gasteiger partial charge in [-0.3, -0.25) is 24.2 Å². The van der Waals surface area contributed by atoms with Gasteiger partial charge in [-0.15, -0.1) is 0 Å². The maximum atomic E-state index is 12.4. The summed E-state index contributed by atoms with van der Waals surface area (Å²) in [6, 6.07) is 10.5. The largest absolute Gasteiger partial charge is 0.353 e. The van der Waals surface area contributed by atoms with Crippen molar-refractivity contribution in [3.63, 3.8) is 0 Å². The fourth-order valence-corrected chi connectivity index (χ4v) is 5.69. The van der Waals surface area contributed by atoms with Gasteiger partial charge in [-0.2, -0.15) is 0 Å². The van der Waals surface area contributed by atoms with Gasteiger partial charge in [-0.1, -0.05) is 41.1 Å². The molecule has 0 atom stereocenters. The lowest BCUT2D eigenvalue weighted by Crippen LogP contribution is -2.49. The van der Waals surface area contributed by atoms with E-state index in [1.54, 1.807) is 35.6 Å². The van der Waals surface area contributed by atoms with E-state index in [2.05, 4.69) is 15.1 Å². The van der Waals surface area contributed by atoms with Crippen molar-refractivity contribution < 1.29 is 14.4 Å². The second kappa shape index (κ2) is 9.32. The molecular formula is C24H24ClN5O3S. The number of aromatic nitrogens is 1. The average molecular weight is 498 g/mol. The Bertz CT molecular complexity index is 1210. The van der Waals surface area contributed by atoms with Crippen molar-refractivity contribution in [3.8, 4) is 0 Å². The first-order chi connectivity index (χ1) is 16.4. The molecule has 176 valence electrons. The zero-order valence-electron chi connectivity index (χ0n) is 18.7. The van der Waals surface area contributed by atoms with E-state index >= 15 is 0 Å². The van der Waals surface area contributed by atoms with Gasteiger partial charge < -0.3 is 10.2 Å². The maximum absolute atomic E-state index is 12.4. The summed E-state index contributed by atoms with van der Waals surface area (Å²) in [4.78, 5) is 47.5. The number of rotatable bonds is 6. The molecule has 1 saturated heterocycles. The third kappa shape index (κ3) is 4.26. The van der Waals surface area contributed by atoms with Gasteiger partial charge in [0.1, 0.15) is 6.54 Å². The highest BCUT2D eigenvalue weighted by Gasteiger charge is 2.36. The van der Waals surface area contributed by atoms with Crippen molar-refractivity contribution in [2.24, 2.45) is 0 Å². The first-order valence-corrected chi connectivity index (χ1v) is 12.4. The summed E-state index contributed by atoms with van der Waals surface area (Å²) >= 11 is 7.98. The van der Waals surface area contributed by atoms with E-state index in [-0.39, 0.29) is 12.5 Å². The smallest absolute Gasteiger partial charge is 0.262 e. The molecule has 3 aromatic rings. The van der Waals surface area contributed by atoms with Crippen molar-refractivity contribution in [2.75, 3.05) is 50.7 Å². The van der Waals surface area contributed by atoms with E-state index in [1.165, 1.54) is 0 Å². The number of anilines is 1. The number of imide groups is 1. The van der Waals surface area contributed by atoms with Crippen LogP contribution in [0.25, 0.3) is 10.2 Å². The van der Waals surface area contributed by atoms with Crippen LogP contribution in [-0.4, -0.2) is 78.3 Å². The third-order valence-corrected chi connectivity index (χ3v) is 7.84. The lowest BCUT2D eigenvalue weighted by molar-refractivity contribution is -0.121. The van der Waals surface area contributed by atoms with Crippen LogP contribution in [0.3, 0.4) is 0 Å². The molecule has 0 spiro atoms. The Hall–Kier alpha value is -3.01. The molecule has 3 amide bonds. The monoisotopic (exact) mass is 497 g/mol. The van der Waals surface area contributed by atoms with Crippen LogP contribution in [0, 0.1) is 6.92 Å². The summed E-state index contributed by atoms with van der Waals surface area (Å²) in [5.41, 5.74) is 2.79. The zero-order chi connectivity index (χ0) is 23.8. The number of fused-ring (bicyclic) bond motifs is 2. The molecule has 5 rings (SSSR count). The number of aryl methyl sites for hydroxylation is 1. The molecule has 0 saturated carbocycles. The molecule has 2 aliphatic heterocycles. The van der Waals surface area contributed by atoms with Crippen LogP contribution in [0.2, 0.25) is 5.02 Å². The summed E-state index contributed by atoms with van der Waals surface area (Å²) in [6.07, 6.45) is 0. The summed E-state index contributed by atoms with van der Waals surface area (Å²) < 4.78 is 1.03. The number of hydrogen-bond acceptors (Lipinski definition) is 7. The lowest BCUT2D eigenvalue weighted by Gasteiger charge is -2.34. The molecule has 2 aliphatic rings. The Morgan fingerprint density at radius 2 is 1.74 bits per heavy atom. The van der Waals surface area contributed by atoms with Crippen LogP contribution in [0.4, 0.5) is 5.13 Å². The predicted octanol–water partition coefficient (Wildman–Crippen LogP) is 2.79. The van der Waals surface area contributed by atoms with Crippen LogP contribution >= 0.6 is 22.9 Å². The van der Waals surface area contributed by atoms with E-state index in [9.17, 15) is 14.4 Å². The highest BCUT2D eigenvalue weighted by atomic mass is 35.5. The van der Waals surface area contributed by atoms with Crippen molar-refractivity contribution in [3.05, 3.63) is 58.1 Å². The first-order valence-electron chi connectivity index (χ1n) is 11.2. The Morgan fingerprint density at radius 1 is 1.06 bits per heavy atom. The Balaban J connectivity index is 1.08. The molecule has 2 aromatic carbocycles. The molecule has 0 unspecified atom stereocenters. The fraction of sp³-hybridized carbons (Fsp3) is 0.333. The van der Waals surface area contributed by atoms with E-state index in [0.29, 0.717) is 24.2 Å². The van der Waals surface area contributed by atoms with Crippen LogP contribution < -0.4 is 10.2 Å². The van der Waals surface area contributed by atoms with Crippen molar-refractivity contribution in [1.29, 1.82) is 0 Å². The molecule has 34 heavy (non-hydrogen) atoms. The minimum absolute atomic E-state index is 0.264. The number of carbonyl (C=O) groups excluding carboxylic acids is 3. The van der Waals surface area contributed by atoms with Crippen molar-refractivity contribution in [1.82, 2.24) is 20.1 Å². The van der Waals surface area contributed by atoms with Crippen LogP contribution in [0.5, 0.6) is 0 Å². The first kappa shape index (κ1) is 22.8. The minimum atomic E-state index is -0.418. The van der Waals surface area contributed by atoms with Gasteiger partial charge in [0.15, 0.2) is 5.13 Å². The molecule has 0 radical (unpaired) electrons. The summed E-state index contributed by atoms with van der Waals surface area (Å²) in [5, 5.41) is 4.55. The van der Waals surface area contributed by atoms with Gasteiger partial charge in [0.25, 0.3) is 11.8 Å². The fourth-order valence-electron chi connectivity index (χ4n) is 4.32. The zero-order valence-corrected chi connectivity index (χ0v) is 20.3. The van der Waals surface area contributed by atoms with E-state index in [1.807, 2.05) is 19.1 Å². The molecular weight excluding hydrogens is 474 g/mol. The number of carbonyl (C=O) groups is 3. The SMILES string of the molecule is Cc1ccc(Cl)c2sc(N3CCN(CCNC(=O)CN4C(=O)c5ccccc5C4=O)CC3)nc12. The highest BCUT2D eigenvalue weighted by molar-refractivity contribution is 7.22. The van der Waals surface area contributed by atoms with Gasteiger partial charge in [-0.25, -0.2) is 4.98 Å². The lowest BCUT2D eigenvalue weighted by atomic mass is 10.1.